The first-order valence-electron chi connectivity index (χ1n) is 8.02. The molecule has 0 aliphatic heterocycles. The van der Waals surface area contributed by atoms with E-state index in [1.807, 2.05) is 60.7 Å². The SMILES string of the molecule is COC(CNC(=O)N[C@H](CCO)c1ccccc1)c1ccccc1. The molecule has 1 unspecified atom stereocenters. The van der Waals surface area contributed by atoms with Crippen molar-refractivity contribution in [1.82, 2.24) is 10.6 Å². The van der Waals surface area contributed by atoms with Crippen molar-refractivity contribution in [1.29, 1.82) is 0 Å². The van der Waals surface area contributed by atoms with E-state index < -0.39 is 0 Å². The first kappa shape index (κ1) is 18.0. The standard InChI is InChI=1S/C19H24N2O3/c1-24-18(16-10-6-3-7-11-16)14-20-19(23)21-17(12-13-22)15-8-4-2-5-9-15/h2-11,17-18,22H,12-14H2,1H3,(H2,20,21,23)/t17-,18?/m1/s1. The summed E-state index contributed by atoms with van der Waals surface area (Å²) in [5, 5.41) is 15.0. The lowest BCUT2D eigenvalue weighted by Gasteiger charge is -2.21. The molecule has 2 aromatic rings. The Labute approximate surface area is 142 Å². The fourth-order valence-corrected chi connectivity index (χ4v) is 2.54. The maximum atomic E-state index is 12.2. The Kier molecular flexibility index (Phi) is 7.26. The van der Waals surface area contributed by atoms with Crippen LogP contribution in [-0.2, 0) is 4.74 Å². The van der Waals surface area contributed by atoms with Crippen LogP contribution in [0.3, 0.4) is 0 Å². The van der Waals surface area contributed by atoms with E-state index in [4.69, 9.17) is 4.74 Å². The summed E-state index contributed by atoms with van der Waals surface area (Å²) < 4.78 is 5.44. The Bertz CT molecular complexity index is 605. The van der Waals surface area contributed by atoms with Gasteiger partial charge in [0.05, 0.1) is 12.1 Å². The van der Waals surface area contributed by atoms with Crippen LogP contribution in [0.1, 0.15) is 29.7 Å². The van der Waals surface area contributed by atoms with Gasteiger partial charge in [-0.2, -0.15) is 0 Å². The summed E-state index contributed by atoms with van der Waals surface area (Å²) in [5.41, 5.74) is 1.98. The number of benzene rings is 2. The van der Waals surface area contributed by atoms with Gasteiger partial charge in [0.25, 0.3) is 0 Å². The van der Waals surface area contributed by atoms with E-state index in [-0.39, 0.29) is 24.8 Å². The molecule has 2 amide bonds. The third-order valence-electron chi connectivity index (χ3n) is 3.83. The number of urea groups is 1. The Morgan fingerprint density at radius 1 is 1.04 bits per heavy atom. The number of methoxy groups -OCH3 is 1. The lowest BCUT2D eigenvalue weighted by atomic mass is 10.0. The molecule has 2 atom stereocenters. The molecule has 5 heteroatoms. The third-order valence-corrected chi connectivity index (χ3v) is 3.83. The second-order valence-corrected chi connectivity index (χ2v) is 5.46. The van der Waals surface area contributed by atoms with Gasteiger partial charge in [-0.25, -0.2) is 4.79 Å². The summed E-state index contributed by atoms with van der Waals surface area (Å²) in [6.07, 6.45) is 0.258. The van der Waals surface area contributed by atoms with Crippen LogP contribution in [0.15, 0.2) is 60.7 Å². The summed E-state index contributed by atoms with van der Waals surface area (Å²) in [7, 11) is 1.62. The minimum atomic E-state index is -0.282. The zero-order valence-corrected chi connectivity index (χ0v) is 13.8. The monoisotopic (exact) mass is 328 g/mol. The molecule has 0 bridgehead atoms. The minimum Gasteiger partial charge on any atom is -0.396 e. The van der Waals surface area contributed by atoms with Crippen molar-refractivity contribution in [3.63, 3.8) is 0 Å². The number of ether oxygens (including phenoxy) is 1. The number of carbonyl (C=O) groups excluding carboxylic acids is 1. The lowest BCUT2D eigenvalue weighted by molar-refractivity contribution is 0.104. The van der Waals surface area contributed by atoms with E-state index in [9.17, 15) is 9.90 Å². The Hall–Kier alpha value is -2.37. The van der Waals surface area contributed by atoms with Crippen molar-refractivity contribution in [2.24, 2.45) is 0 Å². The third kappa shape index (κ3) is 5.37. The molecular weight excluding hydrogens is 304 g/mol. The van der Waals surface area contributed by atoms with Crippen LogP contribution in [0, 0.1) is 0 Å². The zero-order chi connectivity index (χ0) is 17.2. The molecule has 0 radical (unpaired) electrons. The van der Waals surface area contributed by atoms with Gasteiger partial charge >= 0.3 is 6.03 Å². The molecule has 0 spiro atoms. The van der Waals surface area contributed by atoms with Crippen molar-refractivity contribution in [2.45, 2.75) is 18.6 Å². The highest BCUT2D eigenvalue weighted by Crippen LogP contribution is 2.17. The normalized spacial score (nSPS) is 13.1. The lowest BCUT2D eigenvalue weighted by Crippen LogP contribution is -2.40. The van der Waals surface area contributed by atoms with Crippen LogP contribution in [0.5, 0.6) is 0 Å². The smallest absolute Gasteiger partial charge is 0.315 e. The number of hydrogen-bond donors (Lipinski definition) is 3. The molecule has 24 heavy (non-hydrogen) atoms. The maximum absolute atomic E-state index is 12.2. The van der Waals surface area contributed by atoms with Crippen LogP contribution in [0.25, 0.3) is 0 Å². The molecule has 0 saturated carbocycles. The Balaban J connectivity index is 1.91. The summed E-state index contributed by atoms with van der Waals surface area (Å²) in [6.45, 7) is 0.373. The number of carbonyl (C=O) groups is 1. The van der Waals surface area contributed by atoms with E-state index in [0.717, 1.165) is 11.1 Å². The quantitative estimate of drug-likeness (QED) is 0.698. The highest BCUT2D eigenvalue weighted by atomic mass is 16.5. The average molecular weight is 328 g/mol. The zero-order valence-electron chi connectivity index (χ0n) is 13.8. The van der Waals surface area contributed by atoms with E-state index in [0.29, 0.717) is 13.0 Å². The largest absolute Gasteiger partial charge is 0.396 e. The van der Waals surface area contributed by atoms with Crippen LogP contribution in [0.2, 0.25) is 0 Å². The molecule has 128 valence electrons. The topological polar surface area (TPSA) is 70.6 Å². The van der Waals surface area contributed by atoms with Gasteiger partial charge in [0.2, 0.25) is 0 Å². The predicted octanol–water partition coefficient (Wildman–Crippen LogP) is 2.80. The second kappa shape index (κ2) is 9.70. The van der Waals surface area contributed by atoms with Crippen LogP contribution < -0.4 is 10.6 Å². The summed E-state index contributed by atoms with van der Waals surface area (Å²) >= 11 is 0. The second-order valence-electron chi connectivity index (χ2n) is 5.46. The van der Waals surface area contributed by atoms with Gasteiger partial charge in [-0.1, -0.05) is 60.7 Å². The molecule has 0 fully saturated rings. The van der Waals surface area contributed by atoms with Crippen molar-refractivity contribution in [3.05, 3.63) is 71.8 Å². The fraction of sp³-hybridized carbons (Fsp3) is 0.316. The van der Waals surface area contributed by atoms with E-state index in [1.165, 1.54) is 0 Å². The highest BCUT2D eigenvalue weighted by Gasteiger charge is 2.16. The molecule has 5 nitrogen and oxygen atoms in total. The minimum absolute atomic E-state index is 0.00452. The predicted molar refractivity (Wildman–Crippen MR) is 93.6 cm³/mol. The Morgan fingerprint density at radius 3 is 2.17 bits per heavy atom. The van der Waals surface area contributed by atoms with Crippen molar-refractivity contribution < 1.29 is 14.6 Å². The number of aliphatic hydroxyl groups is 1. The van der Waals surface area contributed by atoms with Crippen LogP contribution >= 0.6 is 0 Å². The molecule has 0 saturated heterocycles. The van der Waals surface area contributed by atoms with Gasteiger partial charge in [0.15, 0.2) is 0 Å². The molecule has 0 aliphatic rings. The molecular formula is C19H24N2O3. The van der Waals surface area contributed by atoms with E-state index in [1.54, 1.807) is 7.11 Å². The van der Waals surface area contributed by atoms with Gasteiger partial charge in [0, 0.05) is 20.3 Å². The number of aliphatic hydroxyl groups excluding tert-OH is 1. The molecule has 0 aromatic heterocycles. The van der Waals surface area contributed by atoms with Gasteiger partial charge in [-0.05, 0) is 17.5 Å². The highest BCUT2D eigenvalue weighted by molar-refractivity contribution is 5.74. The first-order chi connectivity index (χ1) is 11.7. The molecule has 0 aliphatic carbocycles. The fourth-order valence-electron chi connectivity index (χ4n) is 2.54. The molecule has 2 rings (SSSR count). The van der Waals surface area contributed by atoms with Crippen molar-refractivity contribution in [2.75, 3.05) is 20.3 Å². The van der Waals surface area contributed by atoms with Gasteiger partial charge in [-0.3, -0.25) is 0 Å². The van der Waals surface area contributed by atoms with Gasteiger partial charge in [-0.15, -0.1) is 0 Å². The summed E-state index contributed by atoms with van der Waals surface area (Å²) in [6, 6.07) is 18.8. The van der Waals surface area contributed by atoms with Crippen LogP contribution in [0.4, 0.5) is 4.79 Å². The number of amides is 2. The average Bonchev–Trinajstić information content (AvgIpc) is 2.63. The summed E-state index contributed by atoms with van der Waals surface area (Å²) in [4.78, 5) is 12.2. The number of hydrogen-bond acceptors (Lipinski definition) is 3. The molecule has 3 N–H and O–H groups in total. The summed E-state index contributed by atoms with van der Waals surface area (Å²) in [5.74, 6) is 0. The van der Waals surface area contributed by atoms with Gasteiger partial charge in [0.1, 0.15) is 0 Å². The number of rotatable bonds is 8. The van der Waals surface area contributed by atoms with Crippen molar-refractivity contribution >= 4 is 6.03 Å². The molecule has 0 heterocycles. The van der Waals surface area contributed by atoms with Crippen LogP contribution in [-0.4, -0.2) is 31.4 Å². The van der Waals surface area contributed by atoms with E-state index in [2.05, 4.69) is 10.6 Å². The van der Waals surface area contributed by atoms with E-state index >= 15 is 0 Å². The first-order valence-corrected chi connectivity index (χ1v) is 8.02. The Morgan fingerprint density at radius 2 is 1.62 bits per heavy atom. The molecule has 2 aromatic carbocycles. The number of nitrogens with one attached hydrogen (secondary N) is 2. The maximum Gasteiger partial charge on any atom is 0.315 e. The van der Waals surface area contributed by atoms with Crippen molar-refractivity contribution in [3.8, 4) is 0 Å². The van der Waals surface area contributed by atoms with Gasteiger partial charge < -0.3 is 20.5 Å².